The highest BCUT2D eigenvalue weighted by molar-refractivity contribution is 5.81. The summed E-state index contributed by atoms with van der Waals surface area (Å²) < 4.78 is 0. The summed E-state index contributed by atoms with van der Waals surface area (Å²) in [6.07, 6.45) is 3.41. The van der Waals surface area contributed by atoms with Gasteiger partial charge in [0.2, 0.25) is 5.91 Å². The van der Waals surface area contributed by atoms with E-state index in [1.165, 1.54) is 0 Å². The van der Waals surface area contributed by atoms with E-state index in [1.807, 2.05) is 32.0 Å². The molecular formula is C13H19N3O. The molecule has 0 fully saturated rings. The summed E-state index contributed by atoms with van der Waals surface area (Å²) in [5, 5.41) is 5.94. The van der Waals surface area contributed by atoms with Crippen LogP contribution in [0.25, 0.3) is 0 Å². The fourth-order valence-electron chi connectivity index (χ4n) is 1.49. The smallest absolute Gasteiger partial charge is 0.237 e. The number of carbonyl (C=O) groups is 1. The van der Waals surface area contributed by atoms with Gasteiger partial charge in [0.1, 0.15) is 0 Å². The number of pyridine rings is 1. The van der Waals surface area contributed by atoms with Gasteiger partial charge in [-0.15, -0.1) is 6.58 Å². The Bertz CT molecular complexity index is 364. The van der Waals surface area contributed by atoms with E-state index >= 15 is 0 Å². The minimum absolute atomic E-state index is 0.0346. The molecule has 2 atom stereocenters. The van der Waals surface area contributed by atoms with E-state index in [9.17, 15) is 4.79 Å². The van der Waals surface area contributed by atoms with E-state index in [2.05, 4.69) is 22.2 Å². The van der Waals surface area contributed by atoms with Crippen molar-refractivity contribution in [2.75, 3.05) is 6.54 Å². The van der Waals surface area contributed by atoms with E-state index in [4.69, 9.17) is 0 Å². The summed E-state index contributed by atoms with van der Waals surface area (Å²) in [7, 11) is 0. The van der Waals surface area contributed by atoms with Gasteiger partial charge in [-0.1, -0.05) is 12.1 Å². The Hall–Kier alpha value is -1.68. The lowest BCUT2D eigenvalue weighted by Gasteiger charge is -2.18. The fraction of sp³-hybridized carbons (Fsp3) is 0.385. The van der Waals surface area contributed by atoms with Crippen LogP contribution < -0.4 is 10.6 Å². The Morgan fingerprint density at radius 1 is 1.53 bits per heavy atom. The van der Waals surface area contributed by atoms with Crippen LogP contribution in [0, 0.1) is 0 Å². The molecule has 4 nitrogen and oxygen atoms in total. The van der Waals surface area contributed by atoms with Gasteiger partial charge in [-0.25, -0.2) is 0 Å². The topological polar surface area (TPSA) is 54.0 Å². The number of nitrogens with one attached hydrogen (secondary N) is 2. The predicted molar refractivity (Wildman–Crippen MR) is 68.5 cm³/mol. The molecule has 1 rings (SSSR count). The standard InChI is InChI=1S/C13H19N3O/c1-4-8-15-13(17)11(3)16-10(2)12-7-5-6-9-14-12/h4-7,9-11,16H,1,8H2,2-3H3,(H,15,17)/t10-,11?/m1/s1. The van der Waals surface area contributed by atoms with Gasteiger partial charge in [-0.05, 0) is 26.0 Å². The van der Waals surface area contributed by atoms with Gasteiger partial charge < -0.3 is 5.32 Å². The Morgan fingerprint density at radius 3 is 2.88 bits per heavy atom. The van der Waals surface area contributed by atoms with Gasteiger partial charge in [-0.2, -0.15) is 0 Å². The molecular weight excluding hydrogens is 214 g/mol. The van der Waals surface area contributed by atoms with Crippen molar-refractivity contribution >= 4 is 5.91 Å². The average molecular weight is 233 g/mol. The molecule has 17 heavy (non-hydrogen) atoms. The van der Waals surface area contributed by atoms with E-state index in [0.29, 0.717) is 6.54 Å². The summed E-state index contributed by atoms with van der Waals surface area (Å²) in [4.78, 5) is 15.9. The zero-order chi connectivity index (χ0) is 12.7. The molecule has 1 aromatic heterocycles. The van der Waals surface area contributed by atoms with Gasteiger partial charge in [0.05, 0.1) is 11.7 Å². The molecule has 1 unspecified atom stereocenters. The lowest BCUT2D eigenvalue weighted by Crippen LogP contribution is -2.43. The van der Waals surface area contributed by atoms with E-state index in [0.717, 1.165) is 5.69 Å². The molecule has 0 aliphatic heterocycles. The van der Waals surface area contributed by atoms with Crippen molar-refractivity contribution in [1.82, 2.24) is 15.6 Å². The first kappa shape index (κ1) is 13.4. The number of rotatable bonds is 6. The van der Waals surface area contributed by atoms with Gasteiger partial charge in [0.15, 0.2) is 0 Å². The van der Waals surface area contributed by atoms with Gasteiger partial charge >= 0.3 is 0 Å². The third-order valence-electron chi connectivity index (χ3n) is 2.45. The maximum absolute atomic E-state index is 11.6. The number of aromatic nitrogens is 1. The first-order valence-electron chi connectivity index (χ1n) is 5.70. The van der Waals surface area contributed by atoms with Crippen LogP contribution in [-0.4, -0.2) is 23.5 Å². The normalized spacial score (nSPS) is 13.8. The molecule has 1 amide bonds. The lowest BCUT2D eigenvalue weighted by molar-refractivity contribution is -0.122. The summed E-state index contributed by atoms with van der Waals surface area (Å²) in [6.45, 7) is 7.86. The summed E-state index contributed by atoms with van der Waals surface area (Å²) >= 11 is 0. The largest absolute Gasteiger partial charge is 0.351 e. The highest BCUT2D eigenvalue weighted by atomic mass is 16.2. The van der Waals surface area contributed by atoms with Crippen molar-refractivity contribution in [2.24, 2.45) is 0 Å². The SMILES string of the molecule is C=CCNC(=O)C(C)N[C@H](C)c1ccccn1. The molecule has 2 N–H and O–H groups in total. The highest BCUT2D eigenvalue weighted by Gasteiger charge is 2.15. The number of amides is 1. The average Bonchev–Trinajstić information content (AvgIpc) is 2.36. The summed E-state index contributed by atoms with van der Waals surface area (Å²) in [5.74, 6) is -0.0346. The summed E-state index contributed by atoms with van der Waals surface area (Å²) in [6, 6.07) is 5.53. The second-order valence-electron chi connectivity index (χ2n) is 3.90. The Kier molecular flexibility index (Phi) is 5.36. The zero-order valence-corrected chi connectivity index (χ0v) is 10.3. The molecule has 92 valence electrons. The molecule has 0 saturated heterocycles. The molecule has 0 radical (unpaired) electrons. The molecule has 1 aromatic rings. The van der Waals surface area contributed by atoms with Crippen LogP contribution >= 0.6 is 0 Å². The van der Waals surface area contributed by atoms with Crippen LogP contribution in [0.1, 0.15) is 25.6 Å². The predicted octanol–water partition coefficient (Wildman–Crippen LogP) is 1.42. The van der Waals surface area contributed by atoms with Gasteiger partial charge in [-0.3, -0.25) is 15.1 Å². The highest BCUT2D eigenvalue weighted by Crippen LogP contribution is 2.08. The number of nitrogens with zero attached hydrogens (tertiary/aromatic N) is 1. The third-order valence-corrected chi connectivity index (χ3v) is 2.45. The first-order valence-corrected chi connectivity index (χ1v) is 5.70. The number of hydrogen-bond acceptors (Lipinski definition) is 3. The van der Waals surface area contributed by atoms with Gasteiger partial charge in [0, 0.05) is 18.8 Å². The van der Waals surface area contributed by atoms with E-state index in [1.54, 1.807) is 12.3 Å². The maximum Gasteiger partial charge on any atom is 0.237 e. The van der Waals surface area contributed by atoms with Crippen LogP contribution in [0.2, 0.25) is 0 Å². The van der Waals surface area contributed by atoms with Crippen LogP contribution in [0.3, 0.4) is 0 Å². The molecule has 0 bridgehead atoms. The van der Waals surface area contributed by atoms with Crippen molar-refractivity contribution in [3.05, 3.63) is 42.7 Å². The zero-order valence-electron chi connectivity index (χ0n) is 10.3. The molecule has 0 aromatic carbocycles. The number of hydrogen-bond donors (Lipinski definition) is 2. The van der Waals surface area contributed by atoms with Crippen LogP contribution in [0.15, 0.2) is 37.1 Å². The fourth-order valence-corrected chi connectivity index (χ4v) is 1.49. The molecule has 0 aliphatic carbocycles. The second kappa shape index (κ2) is 6.81. The molecule has 4 heteroatoms. The van der Waals surface area contributed by atoms with Gasteiger partial charge in [0.25, 0.3) is 0 Å². The van der Waals surface area contributed by atoms with Crippen molar-refractivity contribution < 1.29 is 4.79 Å². The van der Waals surface area contributed by atoms with Crippen LogP contribution in [0.4, 0.5) is 0 Å². The van der Waals surface area contributed by atoms with Crippen molar-refractivity contribution in [3.8, 4) is 0 Å². The minimum atomic E-state index is -0.257. The van der Waals surface area contributed by atoms with Crippen LogP contribution in [0.5, 0.6) is 0 Å². The Balaban J connectivity index is 2.48. The summed E-state index contributed by atoms with van der Waals surface area (Å²) in [5.41, 5.74) is 0.927. The molecule has 0 spiro atoms. The molecule has 0 saturated carbocycles. The first-order chi connectivity index (χ1) is 8.15. The Morgan fingerprint density at radius 2 is 2.29 bits per heavy atom. The maximum atomic E-state index is 11.6. The molecule has 0 aliphatic rings. The van der Waals surface area contributed by atoms with E-state index < -0.39 is 0 Å². The van der Waals surface area contributed by atoms with Crippen molar-refractivity contribution in [2.45, 2.75) is 25.9 Å². The second-order valence-corrected chi connectivity index (χ2v) is 3.90. The molecule has 1 heterocycles. The van der Waals surface area contributed by atoms with E-state index in [-0.39, 0.29) is 18.0 Å². The van der Waals surface area contributed by atoms with Crippen molar-refractivity contribution in [3.63, 3.8) is 0 Å². The van der Waals surface area contributed by atoms with Crippen molar-refractivity contribution in [1.29, 1.82) is 0 Å². The minimum Gasteiger partial charge on any atom is -0.351 e. The van der Waals surface area contributed by atoms with Crippen LogP contribution in [-0.2, 0) is 4.79 Å². The third kappa shape index (κ3) is 4.36. The lowest BCUT2D eigenvalue weighted by atomic mass is 10.2. The monoisotopic (exact) mass is 233 g/mol. The quantitative estimate of drug-likeness (QED) is 0.731. The Labute approximate surface area is 102 Å². The number of carbonyl (C=O) groups excluding carboxylic acids is 1.